The average Bonchev–Trinajstić information content (AvgIpc) is 1.64. The second-order valence-corrected chi connectivity index (χ2v) is 2.18. The van der Waals surface area contributed by atoms with E-state index in [0.29, 0.717) is 13.0 Å². The van der Waals surface area contributed by atoms with Crippen LogP contribution in [0.1, 0.15) is 6.42 Å². The molecule has 0 aromatic heterocycles. The highest BCUT2D eigenvalue weighted by Crippen LogP contribution is 2.24. The summed E-state index contributed by atoms with van der Waals surface area (Å²) in [5, 5.41) is 0. The van der Waals surface area contributed by atoms with Gasteiger partial charge in [-0.2, -0.15) is 0 Å². The van der Waals surface area contributed by atoms with E-state index in [4.69, 9.17) is 5.73 Å². The van der Waals surface area contributed by atoms with Gasteiger partial charge in [-0.25, -0.2) is 4.39 Å². The Bertz CT molecular complexity index is 82.5. The summed E-state index contributed by atoms with van der Waals surface area (Å²) in [6.07, 6.45) is 0.438. The van der Waals surface area contributed by atoms with E-state index in [1.54, 1.807) is 0 Å². The molecule has 1 rings (SSSR count). The summed E-state index contributed by atoms with van der Waals surface area (Å²) < 4.78 is 17.4. The Hall–Kier alpha value is -0.150. The fourth-order valence-corrected chi connectivity index (χ4v) is 0.727. The average molecular weight is 119 g/mol. The van der Waals surface area contributed by atoms with Crippen molar-refractivity contribution < 1.29 is 9.13 Å². The van der Waals surface area contributed by atoms with Crippen LogP contribution in [0, 0.1) is 0 Å². The summed E-state index contributed by atoms with van der Waals surface area (Å²) in [4.78, 5) is 0. The maximum Gasteiger partial charge on any atom is 0.158 e. The zero-order valence-corrected chi connectivity index (χ0v) is 4.69. The van der Waals surface area contributed by atoms with Crippen LogP contribution in [0.25, 0.3) is 0 Å². The van der Waals surface area contributed by atoms with E-state index in [-0.39, 0.29) is 13.2 Å². The Morgan fingerprint density at radius 2 is 2.25 bits per heavy atom. The minimum Gasteiger partial charge on any atom is -0.375 e. The largest absolute Gasteiger partial charge is 0.375 e. The molecule has 0 saturated carbocycles. The molecule has 0 aromatic carbocycles. The Labute approximate surface area is 47.8 Å². The van der Waals surface area contributed by atoms with Gasteiger partial charge >= 0.3 is 0 Å². The number of nitrogens with two attached hydrogens (primary N) is 1. The van der Waals surface area contributed by atoms with E-state index in [9.17, 15) is 4.39 Å². The molecule has 2 N–H and O–H groups in total. The molecular weight excluding hydrogens is 109 g/mol. The third-order valence-corrected chi connectivity index (χ3v) is 1.31. The fourth-order valence-electron chi connectivity index (χ4n) is 0.727. The molecule has 1 aliphatic heterocycles. The van der Waals surface area contributed by atoms with Gasteiger partial charge in [0, 0.05) is 0 Å². The monoisotopic (exact) mass is 119 g/mol. The summed E-state index contributed by atoms with van der Waals surface area (Å²) in [5.41, 5.74) is 4.05. The molecule has 0 aromatic rings. The summed E-state index contributed by atoms with van der Waals surface area (Å²) in [5.74, 6) is 0. The molecule has 0 radical (unpaired) electrons. The lowest BCUT2D eigenvalue weighted by Crippen LogP contribution is -2.46. The summed E-state index contributed by atoms with van der Waals surface area (Å²) in [7, 11) is 0. The van der Waals surface area contributed by atoms with Crippen molar-refractivity contribution in [3.8, 4) is 0 Å². The van der Waals surface area contributed by atoms with Crippen molar-refractivity contribution in [3.63, 3.8) is 0 Å². The van der Waals surface area contributed by atoms with Crippen LogP contribution in [0.5, 0.6) is 0 Å². The van der Waals surface area contributed by atoms with E-state index >= 15 is 0 Å². The van der Waals surface area contributed by atoms with Gasteiger partial charge in [0.15, 0.2) is 5.67 Å². The Kier molecular flexibility index (Phi) is 1.49. The fraction of sp³-hybridized carbons (Fsp3) is 1.00. The topological polar surface area (TPSA) is 35.2 Å². The molecule has 0 atom stereocenters. The lowest BCUT2D eigenvalue weighted by atomic mass is 10.0. The van der Waals surface area contributed by atoms with Gasteiger partial charge in [0.1, 0.15) is 0 Å². The molecule has 48 valence electrons. The number of alkyl halides is 1. The first kappa shape index (κ1) is 5.98. The molecule has 2 nitrogen and oxygen atoms in total. The second-order valence-electron chi connectivity index (χ2n) is 2.18. The molecule has 8 heavy (non-hydrogen) atoms. The lowest BCUT2D eigenvalue weighted by molar-refractivity contribution is -0.131. The molecular formula is C5H10FNO. The molecule has 0 aliphatic carbocycles. The summed E-state index contributed by atoms with van der Waals surface area (Å²) >= 11 is 0. The molecule has 3 heteroatoms. The van der Waals surface area contributed by atoms with E-state index in [0.717, 1.165) is 0 Å². The van der Waals surface area contributed by atoms with Gasteiger partial charge in [-0.05, 0) is 13.0 Å². The highest BCUT2D eigenvalue weighted by Gasteiger charge is 2.37. The van der Waals surface area contributed by atoms with Gasteiger partial charge < -0.3 is 10.5 Å². The zero-order chi connectivity index (χ0) is 6.04. The van der Waals surface area contributed by atoms with Crippen molar-refractivity contribution in [3.05, 3.63) is 0 Å². The predicted octanol–water partition coefficient (Wildman–Crippen LogP) is 0.0737. The lowest BCUT2D eigenvalue weighted by Gasteiger charge is -2.33. The Balaban J connectivity index is 2.20. The van der Waals surface area contributed by atoms with Crippen molar-refractivity contribution in [2.75, 3.05) is 19.8 Å². The highest BCUT2D eigenvalue weighted by atomic mass is 19.1. The predicted molar refractivity (Wildman–Crippen MR) is 28.3 cm³/mol. The maximum atomic E-state index is 12.7. The smallest absolute Gasteiger partial charge is 0.158 e. The highest BCUT2D eigenvalue weighted by molar-refractivity contribution is 4.85. The first-order chi connectivity index (χ1) is 3.77. The third kappa shape index (κ3) is 0.980. The maximum absolute atomic E-state index is 12.7. The van der Waals surface area contributed by atoms with Crippen LogP contribution in [0.2, 0.25) is 0 Å². The van der Waals surface area contributed by atoms with Gasteiger partial charge in [-0.15, -0.1) is 0 Å². The van der Waals surface area contributed by atoms with Crippen LogP contribution < -0.4 is 5.73 Å². The van der Waals surface area contributed by atoms with E-state index in [1.165, 1.54) is 0 Å². The molecule has 0 bridgehead atoms. The van der Waals surface area contributed by atoms with Crippen molar-refractivity contribution in [2.24, 2.45) is 5.73 Å². The summed E-state index contributed by atoms with van der Waals surface area (Å²) in [6.45, 7) is 0.897. The van der Waals surface area contributed by atoms with Crippen molar-refractivity contribution in [1.29, 1.82) is 0 Å². The van der Waals surface area contributed by atoms with Crippen LogP contribution in [-0.4, -0.2) is 25.4 Å². The van der Waals surface area contributed by atoms with Crippen molar-refractivity contribution in [2.45, 2.75) is 12.1 Å². The molecule has 0 amide bonds. The number of hydrogen-bond donors (Lipinski definition) is 1. The van der Waals surface area contributed by atoms with Gasteiger partial charge in [0.2, 0.25) is 0 Å². The minimum absolute atomic E-state index is 0.240. The first-order valence-corrected chi connectivity index (χ1v) is 2.74. The SMILES string of the molecule is NCCC1(F)COC1. The molecule has 1 fully saturated rings. The molecule has 0 unspecified atom stereocenters. The van der Waals surface area contributed by atoms with Gasteiger partial charge in [0.05, 0.1) is 13.2 Å². The van der Waals surface area contributed by atoms with Gasteiger partial charge in [-0.1, -0.05) is 0 Å². The van der Waals surface area contributed by atoms with Crippen LogP contribution >= 0.6 is 0 Å². The van der Waals surface area contributed by atoms with Gasteiger partial charge in [-0.3, -0.25) is 0 Å². The Morgan fingerprint density at radius 1 is 1.62 bits per heavy atom. The number of hydrogen-bond acceptors (Lipinski definition) is 2. The van der Waals surface area contributed by atoms with Crippen LogP contribution in [0.4, 0.5) is 4.39 Å². The first-order valence-electron chi connectivity index (χ1n) is 2.74. The standard InChI is InChI=1S/C5H10FNO/c6-5(1-2-7)3-8-4-5/h1-4,7H2. The molecule has 1 aliphatic rings. The molecule has 0 spiro atoms. The van der Waals surface area contributed by atoms with Crippen molar-refractivity contribution >= 4 is 0 Å². The summed E-state index contributed by atoms with van der Waals surface area (Å²) in [6, 6.07) is 0. The normalized spacial score (nSPS) is 24.8. The second kappa shape index (κ2) is 1.99. The number of halogens is 1. The third-order valence-electron chi connectivity index (χ3n) is 1.31. The van der Waals surface area contributed by atoms with Gasteiger partial charge in [0.25, 0.3) is 0 Å². The van der Waals surface area contributed by atoms with Crippen LogP contribution in [0.3, 0.4) is 0 Å². The quantitative estimate of drug-likeness (QED) is 0.558. The Morgan fingerprint density at radius 3 is 2.38 bits per heavy atom. The molecule has 1 heterocycles. The molecule has 1 saturated heterocycles. The van der Waals surface area contributed by atoms with E-state index < -0.39 is 5.67 Å². The minimum atomic E-state index is -1.07. The number of rotatable bonds is 2. The zero-order valence-electron chi connectivity index (χ0n) is 4.69. The van der Waals surface area contributed by atoms with E-state index in [1.807, 2.05) is 0 Å². The van der Waals surface area contributed by atoms with Crippen LogP contribution in [0.15, 0.2) is 0 Å². The van der Waals surface area contributed by atoms with Crippen molar-refractivity contribution in [1.82, 2.24) is 0 Å². The van der Waals surface area contributed by atoms with Crippen LogP contribution in [-0.2, 0) is 4.74 Å². The number of ether oxygens (including phenoxy) is 1. The van der Waals surface area contributed by atoms with E-state index in [2.05, 4.69) is 4.74 Å².